The SMILES string of the molecule is CCOC(=O)C(C(=O)CCc1ccccc1)C(=O)OCC. The van der Waals surface area contributed by atoms with Crippen LogP contribution in [-0.2, 0) is 30.3 Å². The van der Waals surface area contributed by atoms with E-state index in [0.29, 0.717) is 6.42 Å². The van der Waals surface area contributed by atoms with Crippen LogP contribution in [0.25, 0.3) is 0 Å². The maximum atomic E-state index is 12.1. The van der Waals surface area contributed by atoms with E-state index >= 15 is 0 Å². The molecule has 0 saturated carbocycles. The van der Waals surface area contributed by atoms with Crippen LogP contribution in [0.3, 0.4) is 0 Å². The molecule has 0 radical (unpaired) electrons. The monoisotopic (exact) mass is 292 g/mol. The highest BCUT2D eigenvalue weighted by molar-refractivity contribution is 6.15. The van der Waals surface area contributed by atoms with Crippen molar-refractivity contribution >= 4 is 17.7 Å². The maximum Gasteiger partial charge on any atom is 0.328 e. The van der Waals surface area contributed by atoms with Crippen LogP contribution in [0.15, 0.2) is 30.3 Å². The summed E-state index contributed by atoms with van der Waals surface area (Å²) < 4.78 is 9.57. The summed E-state index contributed by atoms with van der Waals surface area (Å²) in [5, 5.41) is 0. The molecular formula is C16H20O5. The van der Waals surface area contributed by atoms with E-state index in [0.717, 1.165) is 5.56 Å². The highest BCUT2D eigenvalue weighted by Crippen LogP contribution is 2.11. The molecular weight excluding hydrogens is 272 g/mol. The zero-order valence-corrected chi connectivity index (χ0v) is 12.3. The Kier molecular flexibility index (Phi) is 7.15. The van der Waals surface area contributed by atoms with E-state index < -0.39 is 23.6 Å². The van der Waals surface area contributed by atoms with Crippen LogP contribution < -0.4 is 0 Å². The van der Waals surface area contributed by atoms with Gasteiger partial charge in [0.2, 0.25) is 5.92 Å². The summed E-state index contributed by atoms with van der Waals surface area (Å²) in [6.45, 7) is 3.46. The van der Waals surface area contributed by atoms with E-state index in [9.17, 15) is 14.4 Å². The fraction of sp³-hybridized carbons (Fsp3) is 0.438. The third kappa shape index (κ3) is 5.38. The van der Waals surface area contributed by atoms with Crippen molar-refractivity contribution in [2.24, 2.45) is 5.92 Å². The molecule has 21 heavy (non-hydrogen) atoms. The number of benzene rings is 1. The Morgan fingerprint density at radius 2 is 1.48 bits per heavy atom. The van der Waals surface area contributed by atoms with Crippen molar-refractivity contribution in [2.75, 3.05) is 13.2 Å². The first-order valence-corrected chi connectivity index (χ1v) is 7.00. The van der Waals surface area contributed by atoms with Crippen molar-refractivity contribution in [3.05, 3.63) is 35.9 Å². The Hall–Kier alpha value is -2.17. The standard InChI is InChI=1S/C16H20O5/c1-3-20-15(18)14(16(19)21-4-2)13(17)11-10-12-8-6-5-7-9-12/h5-9,14H,3-4,10-11H2,1-2H3. The van der Waals surface area contributed by atoms with Gasteiger partial charge < -0.3 is 9.47 Å². The molecule has 1 rings (SSSR count). The van der Waals surface area contributed by atoms with E-state index in [1.54, 1.807) is 13.8 Å². The minimum absolute atomic E-state index is 0.0896. The van der Waals surface area contributed by atoms with Crippen molar-refractivity contribution in [3.8, 4) is 0 Å². The Labute approximate surface area is 124 Å². The van der Waals surface area contributed by atoms with Crippen LogP contribution >= 0.6 is 0 Å². The second-order valence-corrected chi connectivity index (χ2v) is 4.39. The quantitative estimate of drug-likeness (QED) is 0.541. The van der Waals surface area contributed by atoms with Gasteiger partial charge in [-0.2, -0.15) is 0 Å². The largest absolute Gasteiger partial charge is 0.465 e. The van der Waals surface area contributed by atoms with Gasteiger partial charge in [-0.1, -0.05) is 30.3 Å². The third-order valence-corrected chi connectivity index (χ3v) is 2.87. The molecule has 0 atom stereocenters. The van der Waals surface area contributed by atoms with Gasteiger partial charge in [-0.3, -0.25) is 14.4 Å². The van der Waals surface area contributed by atoms with Crippen LogP contribution in [-0.4, -0.2) is 30.9 Å². The summed E-state index contributed by atoms with van der Waals surface area (Å²) in [4.78, 5) is 35.7. The average molecular weight is 292 g/mol. The Morgan fingerprint density at radius 1 is 0.952 bits per heavy atom. The molecule has 0 aliphatic heterocycles. The van der Waals surface area contributed by atoms with E-state index in [1.165, 1.54) is 0 Å². The van der Waals surface area contributed by atoms with Gasteiger partial charge in [0.05, 0.1) is 13.2 Å². The topological polar surface area (TPSA) is 69.7 Å². The summed E-state index contributed by atoms with van der Waals surface area (Å²) in [5.41, 5.74) is 0.970. The molecule has 0 aromatic heterocycles. The minimum Gasteiger partial charge on any atom is -0.465 e. The summed E-state index contributed by atoms with van der Waals surface area (Å²) >= 11 is 0. The van der Waals surface area contributed by atoms with Gasteiger partial charge in [0.25, 0.3) is 0 Å². The van der Waals surface area contributed by atoms with Crippen molar-refractivity contribution in [2.45, 2.75) is 26.7 Å². The van der Waals surface area contributed by atoms with Crippen molar-refractivity contribution < 1.29 is 23.9 Å². The first-order chi connectivity index (χ1) is 10.1. The smallest absolute Gasteiger partial charge is 0.328 e. The lowest BCUT2D eigenvalue weighted by Gasteiger charge is -2.13. The molecule has 1 aromatic rings. The van der Waals surface area contributed by atoms with Gasteiger partial charge in [-0.05, 0) is 25.8 Å². The normalized spacial score (nSPS) is 10.2. The Bertz CT molecular complexity index is 463. The molecule has 5 heteroatoms. The molecule has 0 amide bonds. The minimum atomic E-state index is -1.48. The van der Waals surface area contributed by atoms with Crippen LogP contribution in [0.2, 0.25) is 0 Å². The number of hydrogen-bond donors (Lipinski definition) is 0. The second-order valence-electron chi connectivity index (χ2n) is 4.39. The van der Waals surface area contributed by atoms with E-state index in [4.69, 9.17) is 9.47 Å². The van der Waals surface area contributed by atoms with Crippen LogP contribution in [0.5, 0.6) is 0 Å². The van der Waals surface area contributed by atoms with Gasteiger partial charge in [0.15, 0.2) is 5.78 Å². The van der Waals surface area contributed by atoms with E-state index in [1.807, 2.05) is 30.3 Å². The van der Waals surface area contributed by atoms with Crippen molar-refractivity contribution in [3.63, 3.8) is 0 Å². The number of carbonyl (C=O) groups excluding carboxylic acids is 3. The van der Waals surface area contributed by atoms with Crippen LogP contribution in [0.4, 0.5) is 0 Å². The molecule has 0 aliphatic rings. The fourth-order valence-electron chi connectivity index (χ4n) is 1.87. The number of hydrogen-bond acceptors (Lipinski definition) is 5. The molecule has 0 bridgehead atoms. The molecule has 0 spiro atoms. The summed E-state index contributed by atoms with van der Waals surface area (Å²) in [7, 11) is 0. The van der Waals surface area contributed by atoms with Gasteiger partial charge in [0, 0.05) is 6.42 Å². The van der Waals surface area contributed by atoms with Crippen molar-refractivity contribution in [1.82, 2.24) is 0 Å². The molecule has 0 N–H and O–H groups in total. The van der Waals surface area contributed by atoms with Gasteiger partial charge >= 0.3 is 11.9 Å². The number of Topliss-reactive ketones (excluding diaryl/α,β-unsaturated/α-hetero) is 1. The molecule has 0 unspecified atom stereocenters. The third-order valence-electron chi connectivity index (χ3n) is 2.87. The fourth-order valence-corrected chi connectivity index (χ4v) is 1.87. The Morgan fingerprint density at radius 3 is 1.95 bits per heavy atom. The van der Waals surface area contributed by atoms with Gasteiger partial charge in [-0.25, -0.2) is 0 Å². The first-order valence-electron chi connectivity index (χ1n) is 7.00. The molecule has 114 valence electrons. The average Bonchev–Trinajstić information content (AvgIpc) is 2.47. The summed E-state index contributed by atoms with van der Waals surface area (Å²) in [6.07, 6.45) is 0.557. The molecule has 0 aliphatic carbocycles. The predicted octanol–water partition coefficient (Wildman–Crippen LogP) is 1.93. The number of ketones is 1. The predicted molar refractivity (Wildman–Crippen MR) is 76.5 cm³/mol. The number of rotatable bonds is 8. The molecule has 0 fully saturated rings. The highest BCUT2D eigenvalue weighted by atomic mass is 16.6. The van der Waals surface area contributed by atoms with Gasteiger partial charge in [-0.15, -0.1) is 0 Å². The molecule has 1 aromatic carbocycles. The molecule has 0 saturated heterocycles. The van der Waals surface area contributed by atoms with Crippen LogP contribution in [0.1, 0.15) is 25.8 Å². The maximum absolute atomic E-state index is 12.1. The number of ether oxygens (including phenoxy) is 2. The summed E-state index contributed by atoms with van der Waals surface area (Å²) in [6, 6.07) is 9.39. The number of aryl methyl sites for hydroxylation is 1. The van der Waals surface area contributed by atoms with Crippen LogP contribution in [0, 0.1) is 5.92 Å². The lowest BCUT2D eigenvalue weighted by Crippen LogP contribution is -2.35. The summed E-state index contributed by atoms with van der Waals surface area (Å²) in [5.74, 6) is -3.63. The zero-order chi connectivity index (χ0) is 15.7. The van der Waals surface area contributed by atoms with E-state index in [2.05, 4.69) is 0 Å². The van der Waals surface area contributed by atoms with Gasteiger partial charge in [0.1, 0.15) is 0 Å². The lowest BCUT2D eigenvalue weighted by molar-refractivity contribution is -0.164. The first kappa shape index (κ1) is 16.9. The number of esters is 2. The van der Waals surface area contributed by atoms with E-state index in [-0.39, 0.29) is 19.6 Å². The highest BCUT2D eigenvalue weighted by Gasteiger charge is 2.36. The Balaban J connectivity index is 2.70. The van der Waals surface area contributed by atoms with Crippen molar-refractivity contribution in [1.29, 1.82) is 0 Å². The molecule has 0 heterocycles. The lowest BCUT2D eigenvalue weighted by atomic mass is 9.98. The zero-order valence-electron chi connectivity index (χ0n) is 12.3. The second kappa shape index (κ2) is 8.89. The number of carbonyl (C=O) groups is 3. The molecule has 5 nitrogen and oxygen atoms in total.